The summed E-state index contributed by atoms with van der Waals surface area (Å²) in [5.41, 5.74) is -3.06. The van der Waals surface area contributed by atoms with E-state index in [4.69, 9.17) is 0 Å². The van der Waals surface area contributed by atoms with E-state index in [9.17, 15) is 51.5 Å². The number of fused-ring (bicyclic) bond motifs is 1. The highest BCUT2D eigenvalue weighted by molar-refractivity contribution is 6.00. The zero-order valence-electron chi connectivity index (χ0n) is 62.3. The molecule has 0 radical (unpaired) electrons. The lowest BCUT2D eigenvalue weighted by atomic mass is 9.84. The molecule has 1 aromatic carbocycles. The van der Waals surface area contributed by atoms with Crippen LogP contribution < -0.4 is 21.3 Å². The number of likely N-dealkylation sites (N-methyl/N-ethyl adjacent to an activating group) is 7. The first-order chi connectivity index (χ1) is 48.0. The number of nitrogens with zero attached hydrogens (tertiary/aromatic N) is 9. The van der Waals surface area contributed by atoms with Crippen molar-refractivity contribution < 1.29 is 75.1 Å². The zero-order valence-corrected chi connectivity index (χ0v) is 62.3. The highest BCUT2D eigenvalue weighted by Gasteiger charge is 2.51. The molecule has 29 heteroatoms. The molecule has 3 aliphatic heterocycles. The Bertz CT molecular complexity index is 3190. The number of aryl methyl sites for hydroxylation is 1. The molecule has 7 rings (SSSR count). The maximum absolute atomic E-state index is 15.6. The highest BCUT2D eigenvalue weighted by Crippen LogP contribution is 2.38. The van der Waals surface area contributed by atoms with Gasteiger partial charge in [0.25, 0.3) is 0 Å². The van der Waals surface area contributed by atoms with Crippen LogP contribution in [0.3, 0.4) is 0 Å². The van der Waals surface area contributed by atoms with Gasteiger partial charge in [0.15, 0.2) is 0 Å². The molecule has 3 saturated heterocycles. The van der Waals surface area contributed by atoms with E-state index in [1.807, 2.05) is 20.8 Å². The van der Waals surface area contributed by atoms with Crippen molar-refractivity contribution in [1.29, 1.82) is 0 Å². The fourth-order valence-corrected chi connectivity index (χ4v) is 15.6. The van der Waals surface area contributed by atoms with Gasteiger partial charge >= 0.3 is 6.18 Å². The van der Waals surface area contributed by atoms with Gasteiger partial charge in [0.05, 0.1) is 25.1 Å². The van der Waals surface area contributed by atoms with Crippen molar-refractivity contribution in [2.45, 2.75) is 230 Å². The second-order valence-corrected chi connectivity index (χ2v) is 30.6. The molecule has 9 atom stereocenters. The smallest absolute Gasteiger partial charge is 0.347 e. The van der Waals surface area contributed by atoms with E-state index < -0.39 is 174 Å². The summed E-state index contributed by atoms with van der Waals surface area (Å²) in [6, 6.07) is -7.66. The average Bonchev–Trinajstić information content (AvgIpc) is 1.18. The summed E-state index contributed by atoms with van der Waals surface area (Å²) < 4.78 is 56.5. The maximum Gasteiger partial charge on any atom is 0.419 e. The van der Waals surface area contributed by atoms with Crippen LogP contribution in [0.1, 0.15) is 174 Å². The molecule has 1 aromatic rings. The lowest BCUT2D eigenvalue weighted by Gasteiger charge is -2.45. The molecule has 102 heavy (non-hydrogen) atoms. The van der Waals surface area contributed by atoms with Crippen LogP contribution in [-0.4, -0.2) is 265 Å². The first-order valence-electron chi connectivity index (χ1n) is 36.9. The predicted octanol–water partition coefficient (Wildman–Crippen LogP) is 4.57. The highest BCUT2D eigenvalue weighted by atomic mass is 19.4. The second-order valence-electron chi connectivity index (χ2n) is 30.6. The van der Waals surface area contributed by atoms with Crippen LogP contribution in [0.4, 0.5) is 17.6 Å². The molecule has 3 aliphatic carbocycles. The Hall–Kier alpha value is -7.46. The Balaban J connectivity index is 1.30. The van der Waals surface area contributed by atoms with Gasteiger partial charge in [0.1, 0.15) is 59.7 Å². The largest absolute Gasteiger partial charge is 0.419 e. The maximum atomic E-state index is 15.6. The Morgan fingerprint density at radius 2 is 1.31 bits per heavy atom. The molecule has 570 valence electrons. The van der Waals surface area contributed by atoms with Crippen LogP contribution in [0.2, 0.25) is 0 Å². The first-order valence-corrected chi connectivity index (χ1v) is 36.9. The molecule has 3 heterocycles. The molecule has 0 bridgehead atoms. The molecule has 12 amide bonds. The fraction of sp³-hybridized carbons (Fsp3) is 0.753. The Labute approximate surface area is 598 Å². The van der Waals surface area contributed by atoms with Gasteiger partial charge in [-0.25, -0.2) is 4.39 Å². The number of rotatable bonds is 14. The van der Waals surface area contributed by atoms with Gasteiger partial charge < -0.3 is 65.4 Å². The van der Waals surface area contributed by atoms with E-state index in [1.165, 1.54) is 103 Å². The van der Waals surface area contributed by atoms with Crippen LogP contribution in [0, 0.1) is 35.4 Å². The number of hydrogen-bond acceptors (Lipinski definition) is 13. The number of carbonyl (C=O) groups excluding carboxylic acids is 12. The topological polar surface area (TPSA) is 282 Å². The molecule has 3 saturated carbocycles. The lowest BCUT2D eigenvalue weighted by Crippen LogP contribution is -2.65. The molecular formula is C73H113F4N13O12. The minimum Gasteiger partial charge on any atom is -0.347 e. The van der Waals surface area contributed by atoms with Crippen molar-refractivity contribution in [2.24, 2.45) is 29.6 Å². The average molecular weight is 1440 g/mol. The van der Waals surface area contributed by atoms with Gasteiger partial charge in [-0.3, -0.25) is 57.5 Å². The van der Waals surface area contributed by atoms with Crippen molar-refractivity contribution in [3.63, 3.8) is 0 Å². The third-order valence-electron chi connectivity index (χ3n) is 22.7. The lowest BCUT2D eigenvalue weighted by molar-refractivity contribution is -0.160. The van der Waals surface area contributed by atoms with Crippen LogP contribution in [0.5, 0.6) is 0 Å². The molecule has 6 aliphatic rings. The summed E-state index contributed by atoms with van der Waals surface area (Å²) in [5, 5.41) is 11.8. The van der Waals surface area contributed by atoms with E-state index in [1.54, 1.807) is 6.92 Å². The first kappa shape index (κ1) is 81.8. The second kappa shape index (κ2) is 35.8. The van der Waals surface area contributed by atoms with Crippen molar-refractivity contribution in [2.75, 3.05) is 95.6 Å². The van der Waals surface area contributed by atoms with E-state index in [2.05, 4.69) is 21.3 Å². The molecule has 1 spiro atoms. The van der Waals surface area contributed by atoms with Gasteiger partial charge in [0, 0.05) is 69.5 Å². The van der Waals surface area contributed by atoms with Gasteiger partial charge in [0.2, 0.25) is 70.9 Å². The molecule has 6 fully saturated rings. The molecule has 0 aromatic heterocycles. The number of nitrogens with one attached hydrogen (secondary N) is 4. The number of hydrogen-bond donors (Lipinski definition) is 4. The summed E-state index contributed by atoms with van der Waals surface area (Å²) in [7, 11) is 11.5. The quantitative estimate of drug-likeness (QED) is 0.186. The van der Waals surface area contributed by atoms with E-state index >= 15 is 23.6 Å². The van der Waals surface area contributed by atoms with E-state index in [-0.39, 0.29) is 81.4 Å². The molecular weight excluding hydrogens is 1330 g/mol. The standard InChI is InChI=1S/C73H113F4N13O12/c1-14-45(4)61-69(100)84(9)46(5)64(95)90-35-31-54(90)68(99)86(11)56(38-47-22-16-15-17-23-47)67(98)83(8)42-58(91)79-53(29-27-48-26-28-51(52(74)37-48)73(75,76)77)65(96)89(34-30-49-40-78-41-49)43-59(92)81-72(32-20-21-33-72)71(102)88(13)62(50-24-18-19-25-50)70(101)87(12)57(66(97)82(6)7)39-60(93)85(10)55(36-44(2)3)63(94)80-61/h26,28,37,44-47,49-50,53-57,61-62,78H,14-25,27,29-36,38-43H2,1-13H3,(H,79,91)(H,80,94)(H,81,92)/t45-,46-,53-,54?,55-,56-,57-,61-,62-/m0/s1. The van der Waals surface area contributed by atoms with Crippen molar-refractivity contribution in [3.05, 3.63) is 35.1 Å². The summed E-state index contributed by atoms with van der Waals surface area (Å²) in [4.78, 5) is 191. The van der Waals surface area contributed by atoms with E-state index in [0.717, 1.165) is 55.9 Å². The summed E-state index contributed by atoms with van der Waals surface area (Å²) in [6.45, 7) is 8.79. The predicted molar refractivity (Wildman–Crippen MR) is 372 cm³/mol. The number of amides is 12. The van der Waals surface area contributed by atoms with Gasteiger partial charge in [-0.2, -0.15) is 13.2 Å². The van der Waals surface area contributed by atoms with Crippen LogP contribution in [-0.2, 0) is 70.1 Å². The number of halogens is 4. The summed E-state index contributed by atoms with van der Waals surface area (Å²) in [5.74, 6) is -10.7. The van der Waals surface area contributed by atoms with Crippen molar-refractivity contribution >= 4 is 70.9 Å². The summed E-state index contributed by atoms with van der Waals surface area (Å²) in [6.07, 6.45) is 3.15. The van der Waals surface area contributed by atoms with Crippen molar-refractivity contribution in [1.82, 2.24) is 65.4 Å². The Morgan fingerprint density at radius 1 is 0.676 bits per heavy atom. The molecule has 4 N–H and O–H groups in total. The molecule has 1 unspecified atom stereocenters. The number of alkyl halides is 3. The van der Waals surface area contributed by atoms with E-state index in [0.29, 0.717) is 63.7 Å². The SMILES string of the molecule is CC[C@H](C)[C@@H]1NC(=O)[C@H](CC(C)C)N(C)C(=O)C[C@@H](C(=O)N(C)C)N(C)C(=O)[C@H](C2CCCC2)N(C)C(=O)C2(CCCC2)NC(=O)CN(CCC2CNC2)C(=O)[C@H](CCc2ccc(C(F)(F)F)c(F)c2)NC(=O)CN(C)C(=O)[C@H](CC2CCCCC2)N(C)C(=O)C2CCN2C(=O)[C@H](C)N(C)C1=O. The number of carbonyl (C=O) groups is 12. The third-order valence-corrected chi connectivity index (χ3v) is 22.7. The normalized spacial score (nSPS) is 27.1. The number of benzene rings is 1. The summed E-state index contributed by atoms with van der Waals surface area (Å²) >= 11 is 0. The minimum atomic E-state index is -5.01. The van der Waals surface area contributed by atoms with Gasteiger partial charge in [-0.15, -0.1) is 0 Å². The van der Waals surface area contributed by atoms with Gasteiger partial charge in [-0.05, 0) is 132 Å². The Kier molecular flexibility index (Phi) is 28.7. The van der Waals surface area contributed by atoms with Crippen LogP contribution >= 0.6 is 0 Å². The van der Waals surface area contributed by atoms with Crippen LogP contribution in [0.25, 0.3) is 0 Å². The van der Waals surface area contributed by atoms with Crippen molar-refractivity contribution in [3.8, 4) is 0 Å². The monoisotopic (exact) mass is 1440 g/mol. The minimum absolute atomic E-state index is 0.00000703. The zero-order chi connectivity index (χ0) is 75.4. The van der Waals surface area contributed by atoms with Crippen LogP contribution in [0.15, 0.2) is 18.2 Å². The molecule has 25 nitrogen and oxygen atoms in total. The third kappa shape index (κ3) is 19.9. The van der Waals surface area contributed by atoms with Gasteiger partial charge in [-0.1, -0.05) is 98.0 Å². The fourth-order valence-electron chi connectivity index (χ4n) is 15.6. The Morgan fingerprint density at radius 3 is 1.87 bits per heavy atom.